The maximum Gasteiger partial charge on any atom is 0.305 e. The number of methoxy groups -OCH3 is 1. The molecule has 0 saturated carbocycles. The predicted octanol–water partition coefficient (Wildman–Crippen LogP) is 1.18. The van der Waals surface area contributed by atoms with E-state index in [1.54, 1.807) is 6.92 Å². The molecule has 0 radical (unpaired) electrons. The zero-order chi connectivity index (χ0) is 14.3. The molecule has 0 spiro atoms. The highest BCUT2D eigenvalue weighted by atomic mass is 16.5. The van der Waals surface area contributed by atoms with Crippen molar-refractivity contribution < 1.29 is 14.3 Å². The Kier molecular flexibility index (Phi) is 6.84. The second kappa shape index (κ2) is 8.15. The molecule has 0 aromatic heterocycles. The highest BCUT2D eigenvalue weighted by Gasteiger charge is 2.28. The van der Waals surface area contributed by atoms with E-state index in [4.69, 9.17) is 0 Å². The molecule has 2 unspecified atom stereocenters. The van der Waals surface area contributed by atoms with Crippen LogP contribution >= 0.6 is 0 Å². The van der Waals surface area contributed by atoms with Gasteiger partial charge in [-0.15, -0.1) is 0 Å². The van der Waals surface area contributed by atoms with Crippen LogP contribution in [0.1, 0.15) is 39.5 Å². The van der Waals surface area contributed by atoms with Crippen molar-refractivity contribution in [3.8, 4) is 0 Å². The van der Waals surface area contributed by atoms with Crippen LogP contribution in [0.15, 0.2) is 0 Å². The van der Waals surface area contributed by atoms with Crippen molar-refractivity contribution >= 4 is 11.9 Å². The van der Waals surface area contributed by atoms with E-state index in [0.29, 0.717) is 18.4 Å². The van der Waals surface area contributed by atoms with Crippen LogP contribution in [0, 0.1) is 5.92 Å². The Balaban J connectivity index is 2.49. The van der Waals surface area contributed by atoms with E-state index >= 15 is 0 Å². The molecule has 1 rings (SSSR count). The third kappa shape index (κ3) is 5.59. The number of amides is 1. The van der Waals surface area contributed by atoms with Crippen LogP contribution in [0.25, 0.3) is 0 Å². The molecule has 0 aliphatic carbocycles. The molecule has 110 valence electrons. The van der Waals surface area contributed by atoms with Gasteiger partial charge in [-0.3, -0.25) is 9.59 Å². The Morgan fingerprint density at radius 2 is 2.11 bits per heavy atom. The molecule has 1 saturated heterocycles. The van der Waals surface area contributed by atoms with Gasteiger partial charge in [0.05, 0.1) is 7.11 Å². The summed E-state index contributed by atoms with van der Waals surface area (Å²) in [6.07, 6.45) is 3.35. The average Bonchev–Trinajstić information content (AvgIpc) is 2.42. The number of carbonyl (C=O) groups excluding carboxylic acids is 2. The van der Waals surface area contributed by atoms with E-state index in [9.17, 15) is 9.59 Å². The van der Waals surface area contributed by atoms with E-state index in [2.05, 4.69) is 17.0 Å². The number of hydrogen-bond acceptors (Lipinski definition) is 4. The van der Waals surface area contributed by atoms with E-state index in [0.717, 1.165) is 38.9 Å². The van der Waals surface area contributed by atoms with Crippen LogP contribution in [-0.4, -0.2) is 49.6 Å². The minimum Gasteiger partial charge on any atom is -0.469 e. The number of hydrogen-bond donors (Lipinski definition) is 1. The summed E-state index contributed by atoms with van der Waals surface area (Å²) in [7, 11) is 1.41. The van der Waals surface area contributed by atoms with Crippen LogP contribution in [0.2, 0.25) is 0 Å². The van der Waals surface area contributed by atoms with Crippen LogP contribution in [0.3, 0.4) is 0 Å². The summed E-state index contributed by atoms with van der Waals surface area (Å²) in [6.45, 7) is 6.26. The highest BCUT2D eigenvalue weighted by Crippen LogP contribution is 2.21. The third-order valence-corrected chi connectivity index (χ3v) is 3.65. The third-order valence-electron chi connectivity index (χ3n) is 3.65. The first-order valence-corrected chi connectivity index (χ1v) is 7.12. The molecule has 1 heterocycles. The number of esters is 1. The van der Waals surface area contributed by atoms with E-state index in [1.165, 1.54) is 7.11 Å². The van der Waals surface area contributed by atoms with Gasteiger partial charge in [0.25, 0.3) is 0 Å². The fraction of sp³-hybridized carbons (Fsp3) is 0.857. The summed E-state index contributed by atoms with van der Waals surface area (Å²) in [5.74, 6) is 0.329. The van der Waals surface area contributed by atoms with Crippen molar-refractivity contribution in [2.45, 2.75) is 45.6 Å². The number of rotatable bonds is 6. The molecule has 1 aliphatic rings. The number of nitrogens with zero attached hydrogens (tertiary/aromatic N) is 1. The molecule has 0 aromatic rings. The van der Waals surface area contributed by atoms with Crippen LogP contribution in [-0.2, 0) is 14.3 Å². The summed E-state index contributed by atoms with van der Waals surface area (Å²) >= 11 is 0. The maximum absolute atomic E-state index is 11.6. The normalized spacial score (nSPS) is 23.2. The smallest absolute Gasteiger partial charge is 0.305 e. The Morgan fingerprint density at radius 1 is 1.37 bits per heavy atom. The van der Waals surface area contributed by atoms with Gasteiger partial charge in [0, 0.05) is 32.5 Å². The summed E-state index contributed by atoms with van der Waals surface area (Å²) in [5.41, 5.74) is 0. The largest absolute Gasteiger partial charge is 0.469 e. The standard InChI is InChI=1S/C14H26N2O3/c1-4-7-15-13-8-12(5-6-14(18)19-3)9-16(10-13)11(2)17/h12-13,15H,4-10H2,1-3H3. The van der Waals surface area contributed by atoms with Crippen molar-refractivity contribution in [1.82, 2.24) is 10.2 Å². The Hall–Kier alpha value is -1.10. The molecule has 5 heteroatoms. The maximum atomic E-state index is 11.6. The SMILES string of the molecule is CCCNC1CC(CCC(=O)OC)CN(C(C)=O)C1. The van der Waals surface area contributed by atoms with Crippen LogP contribution in [0.4, 0.5) is 0 Å². The number of ether oxygens (including phenoxy) is 1. The quantitative estimate of drug-likeness (QED) is 0.736. The molecule has 2 atom stereocenters. The predicted molar refractivity (Wildman–Crippen MR) is 73.7 cm³/mol. The number of piperidine rings is 1. The first-order valence-electron chi connectivity index (χ1n) is 7.12. The Bertz CT molecular complexity index is 307. The zero-order valence-corrected chi connectivity index (χ0v) is 12.3. The van der Waals surface area contributed by atoms with Gasteiger partial charge in [-0.2, -0.15) is 0 Å². The lowest BCUT2D eigenvalue weighted by molar-refractivity contribution is -0.141. The minimum atomic E-state index is -0.169. The molecule has 0 bridgehead atoms. The lowest BCUT2D eigenvalue weighted by atomic mass is 9.90. The van der Waals surface area contributed by atoms with Crippen LogP contribution < -0.4 is 5.32 Å². The van der Waals surface area contributed by atoms with Crippen molar-refractivity contribution in [1.29, 1.82) is 0 Å². The summed E-state index contributed by atoms with van der Waals surface area (Å²) in [5, 5.41) is 3.48. The van der Waals surface area contributed by atoms with Gasteiger partial charge in [0.2, 0.25) is 5.91 Å². The first kappa shape index (κ1) is 16.0. The summed E-state index contributed by atoms with van der Waals surface area (Å²) < 4.78 is 4.67. The molecule has 0 aromatic carbocycles. The van der Waals surface area contributed by atoms with Gasteiger partial charge < -0.3 is 15.0 Å². The van der Waals surface area contributed by atoms with Gasteiger partial charge in [-0.25, -0.2) is 0 Å². The monoisotopic (exact) mass is 270 g/mol. The molecule has 19 heavy (non-hydrogen) atoms. The van der Waals surface area contributed by atoms with Gasteiger partial charge >= 0.3 is 5.97 Å². The first-order chi connectivity index (χ1) is 9.06. The minimum absolute atomic E-state index is 0.117. The van der Waals surface area contributed by atoms with Crippen molar-refractivity contribution in [2.24, 2.45) is 5.92 Å². The molecule has 1 fully saturated rings. The van der Waals surface area contributed by atoms with E-state index < -0.39 is 0 Å². The second-order valence-electron chi connectivity index (χ2n) is 5.29. The summed E-state index contributed by atoms with van der Waals surface area (Å²) in [6, 6.07) is 0.347. The topological polar surface area (TPSA) is 58.6 Å². The second-order valence-corrected chi connectivity index (χ2v) is 5.29. The molecule has 1 aliphatic heterocycles. The summed E-state index contributed by atoms with van der Waals surface area (Å²) in [4.78, 5) is 24.7. The lowest BCUT2D eigenvalue weighted by Crippen LogP contribution is -2.50. The highest BCUT2D eigenvalue weighted by molar-refractivity contribution is 5.73. The number of carbonyl (C=O) groups is 2. The zero-order valence-electron chi connectivity index (χ0n) is 12.3. The van der Waals surface area contributed by atoms with Crippen molar-refractivity contribution in [3.05, 3.63) is 0 Å². The number of nitrogens with one attached hydrogen (secondary N) is 1. The van der Waals surface area contributed by atoms with Gasteiger partial charge in [0.1, 0.15) is 0 Å². The molecule has 1 amide bonds. The Morgan fingerprint density at radius 3 is 2.68 bits per heavy atom. The van der Waals surface area contributed by atoms with Crippen molar-refractivity contribution in [2.75, 3.05) is 26.7 Å². The fourth-order valence-corrected chi connectivity index (χ4v) is 2.59. The lowest BCUT2D eigenvalue weighted by Gasteiger charge is -2.37. The van der Waals surface area contributed by atoms with Crippen LogP contribution in [0.5, 0.6) is 0 Å². The van der Waals surface area contributed by atoms with Gasteiger partial charge in [-0.1, -0.05) is 6.92 Å². The average molecular weight is 270 g/mol. The number of likely N-dealkylation sites (tertiary alicyclic amines) is 1. The molecular weight excluding hydrogens is 244 g/mol. The molecule has 1 N–H and O–H groups in total. The van der Waals surface area contributed by atoms with E-state index in [-0.39, 0.29) is 11.9 Å². The van der Waals surface area contributed by atoms with Gasteiger partial charge in [-0.05, 0) is 31.7 Å². The Labute approximate surface area is 115 Å². The fourth-order valence-electron chi connectivity index (χ4n) is 2.59. The molecule has 5 nitrogen and oxygen atoms in total. The van der Waals surface area contributed by atoms with Crippen molar-refractivity contribution in [3.63, 3.8) is 0 Å². The molecular formula is C14H26N2O3. The van der Waals surface area contributed by atoms with E-state index in [1.807, 2.05) is 4.90 Å². The van der Waals surface area contributed by atoms with Gasteiger partial charge in [0.15, 0.2) is 0 Å².